The molecule has 108 valence electrons. The molecule has 0 bridgehead atoms. The van der Waals surface area contributed by atoms with Crippen LogP contribution in [0.15, 0.2) is 18.2 Å². The molecule has 1 fully saturated rings. The van der Waals surface area contributed by atoms with Gasteiger partial charge in [0.15, 0.2) is 0 Å². The van der Waals surface area contributed by atoms with Gasteiger partial charge in [0.1, 0.15) is 0 Å². The zero-order chi connectivity index (χ0) is 14.3. The lowest BCUT2D eigenvalue weighted by Crippen LogP contribution is -2.35. The Balaban J connectivity index is 1.77. The van der Waals surface area contributed by atoms with Gasteiger partial charge in [-0.05, 0) is 43.3 Å². The van der Waals surface area contributed by atoms with Crippen LogP contribution in [0.25, 0.3) is 0 Å². The first-order valence-electron chi connectivity index (χ1n) is 7.34. The fraction of sp³-hybridized carbons (Fsp3) is 0.562. The van der Waals surface area contributed by atoms with E-state index in [4.69, 9.17) is 0 Å². The van der Waals surface area contributed by atoms with Crippen LogP contribution >= 0.6 is 0 Å². The van der Waals surface area contributed by atoms with Crippen molar-refractivity contribution in [2.75, 3.05) is 27.2 Å². The minimum absolute atomic E-state index is 0.177. The molecule has 1 aromatic carbocycles. The summed E-state index contributed by atoms with van der Waals surface area (Å²) in [5.41, 5.74) is 3.42. The molecule has 2 aliphatic rings. The van der Waals surface area contributed by atoms with Crippen LogP contribution in [0.3, 0.4) is 0 Å². The third-order valence-corrected chi connectivity index (χ3v) is 4.61. The average molecular weight is 273 g/mol. The third-order valence-electron chi connectivity index (χ3n) is 4.61. The number of fused-ring (bicyclic) bond motifs is 1. The molecule has 0 radical (unpaired) electrons. The molecule has 1 aromatic rings. The Labute approximate surface area is 120 Å². The van der Waals surface area contributed by atoms with Crippen molar-refractivity contribution in [3.8, 4) is 0 Å². The number of benzene rings is 1. The van der Waals surface area contributed by atoms with Crippen LogP contribution in [-0.2, 0) is 13.1 Å². The molecule has 0 spiro atoms. The average Bonchev–Trinajstić information content (AvgIpc) is 3.02. The van der Waals surface area contributed by atoms with E-state index in [-0.39, 0.29) is 5.91 Å². The van der Waals surface area contributed by atoms with E-state index in [1.54, 1.807) is 0 Å². The van der Waals surface area contributed by atoms with Crippen LogP contribution in [-0.4, -0.2) is 48.9 Å². The van der Waals surface area contributed by atoms with Crippen molar-refractivity contribution in [2.45, 2.75) is 26.1 Å². The number of rotatable bonds is 2. The van der Waals surface area contributed by atoms with E-state index in [0.717, 1.165) is 31.7 Å². The zero-order valence-electron chi connectivity index (χ0n) is 12.5. The fourth-order valence-electron chi connectivity index (χ4n) is 3.40. The van der Waals surface area contributed by atoms with E-state index < -0.39 is 0 Å². The highest BCUT2D eigenvalue weighted by Gasteiger charge is 2.34. The smallest absolute Gasteiger partial charge is 0.253 e. The predicted molar refractivity (Wildman–Crippen MR) is 79.5 cm³/mol. The third kappa shape index (κ3) is 2.34. The highest BCUT2D eigenvalue weighted by Crippen LogP contribution is 2.23. The topological polar surface area (TPSA) is 35.6 Å². The monoisotopic (exact) mass is 273 g/mol. The second-order valence-corrected chi connectivity index (χ2v) is 6.31. The van der Waals surface area contributed by atoms with Crippen LogP contribution in [0.5, 0.6) is 0 Å². The number of nitrogens with zero attached hydrogens (tertiary/aromatic N) is 2. The van der Waals surface area contributed by atoms with Gasteiger partial charge in [0.25, 0.3) is 5.91 Å². The highest BCUT2D eigenvalue weighted by molar-refractivity contribution is 5.94. The number of carbonyl (C=O) groups excluding carboxylic acids is 1. The summed E-state index contributed by atoms with van der Waals surface area (Å²) in [7, 11) is 4.19. The molecular weight excluding hydrogens is 250 g/mol. The molecule has 4 heteroatoms. The molecule has 2 unspecified atom stereocenters. The summed E-state index contributed by atoms with van der Waals surface area (Å²) in [5, 5.41) is 3.32. The van der Waals surface area contributed by atoms with Crippen molar-refractivity contribution in [1.82, 2.24) is 15.1 Å². The van der Waals surface area contributed by atoms with Crippen LogP contribution in [0.1, 0.15) is 28.4 Å². The Morgan fingerprint density at radius 3 is 2.70 bits per heavy atom. The quantitative estimate of drug-likeness (QED) is 0.882. The lowest BCUT2D eigenvalue weighted by molar-refractivity contribution is 0.0781. The van der Waals surface area contributed by atoms with Gasteiger partial charge in [-0.3, -0.25) is 4.79 Å². The van der Waals surface area contributed by atoms with E-state index >= 15 is 0 Å². The number of hydrogen-bond acceptors (Lipinski definition) is 3. The van der Waals surface area contributed by atoms with Gasteiger partial charge in [-0.25, -0.2) is 0 Å². The van der Waals surface area contributed by atoms with Crippen molar-refractivity contribution >= 4 is 5.91 Å². The Bertz CT molecular complexity index is 526. The molecule has 0 aliphatic carbocycles. The molecule has 3 rings (SSSR count). The maximum atomic E-state index is 12.6. The molecule has 1 saturated heterocycles. The second kappa shape index (κ2) is 5.19. The zero-order valence-corrected chi connectivity index (χ0v) is 12.5. The molecular formula is C16H23N3O. The largest absolute Gasteiger partial charge is 0.337 e. The lowest BCUT2D eigenvalue weighted by Gasteiger charge is -2.22. The summed E-state index contributed by atoms with van der Waals surface area (Å²) in [6, 6.07) is 6.59. The van der Waals surface area contributed by atoms with Gasteiger partial charge in [0.2, 0.25) is 0 Å². The van der Waals surface area contributed by atoms with Gasteiger partial charge < -0.3 is 15.1 Å². The van der Waals surface area contributed by atoms with Gasteiger partial charge in [0.05, 0.1) is 0 Å². The van der Waals surface area contributed by atoms with E-state index in [1.807, 2.05) is 11.0 Å². The number of nitrogens with one attached hydrogen (secondary N) is 1. The second-order valence-electron chi connectivity index (χ2n) is 6.31. The summed E-state index contributed by atoms with van der Waals surface area (Å²) in [6.45, 7) is 5.73. The number of amides is 1. The molecule has 1 amide bonds. The minimum Gasteiger partial charge on any atom is -0.337 e. The summed E-state index contributed by atoms with van der Waals surface area (Å²) in [5.74, 6) is 0.709. The summed E-state index contributed by atoms with van der Waals surface area (Å²) >= 11 is 0. The fourth-order valence-corrected chi connectivity index (χ4v) is 3.40. The number of hydrogen-bond donors (Lipinski definition) is 1. The predicted octanol–water partition coefficient (Wildman–Crippen LogP) is 1.31. The Kier molecular flexibility index (Phi) is 3.52. The number of carbonyl (C=O) groups is 1. The Hall–Kier alpha value is -1.39. The van der Waals surface area contributed by atoms with E-state index in [2.05, 4.69) is 43.4 Å². The summed E-state index contributed by atoms with van der Waals surface area (Å²) in [4.78, 5) is 16.9. The molecule has 2 aliphatic heterocycles. The first-order chi connectivity index (χ1) is 9.56. The molecule has 2 atom stereocenters. The van der Waals surface area contributed by atoms with E-state index in [0.29, 0.717) is 12.0 Å². The van der Waals surface area contributed by atoms with Gasteiger partial charge in [0, 0.05) is 37.8 Å². The van der Waals surface area contributed by atoms with Crippen LogP contribution in [0.2, 0.25) is 0 Å². The Morgan fingerprint density at radius 1 is 1.25 bits per heavy atom. The van der Waals surface area contributed by atoms with Crippen LogP contribution in [0, 0.1) is 5.92 Å². The maximum absolute atomic E-state index is 12.6. The van der Waals surface area contributed by atoms with Gasteiger partial charge in [-0.15, -0.1) is 0 Å². The normalized spacial score (nSPS) is 25.3. The number of likely N-dealkylation sites (tertiary alicyclic amines) is 1. The van der Waals surface area contributed by atoms with Crippen LogP contribution in [0.4, 0.5) is 0 Å². The van der Waals surface area contributed by atoms with E-state index in [1.165, 1.54) is 11.1 Å². The summed E-state index contributed by atoms with van der Waals surface area (Å²) in [6.07, 6.45) is 0. The maximum Gasteiger partial charge on any atom is 0.253 e. The summed E-state index contributed by atoms with van der Waals surface area (Å²) < 4.78 is 0. The molecule has 0 aromatic heterocycles. The lowest BCUT2D eigenvalue weighted by atomic mass is 10.1. The van der Waals surface area contributed by atoms with Gasteiger partial charge >= 0.3 is 0 Å². The SMILES string of the molecule is CC1CN(C(=O)c2ccc3c(c2)CNC3)CC1N(C)C. The Morgan fingerprint density at radius 2 is 2.00 bits per heavy atom. The number of likely N-dealkylation sites (N-methyl/N-ethyl adjacent to an activating group) is 1. The molecule has 4 nitrogen and oxygen atoms in total. The van der Waals surface area contributed by atoms with Gasteiger partial charge in [-0.2, -0.15) is 0 Å². The first-order valence-corrected chi connectivity index (χ1v) is 7.34. The van der Waals surface area contributed by atoms with Gasteiger partial charge in [-0.1, -0.05) is 13.0 Å². The molecule has 2 heterocycles. The highest BCUT2D eigenvalue weighted by atomic mass is 16.2. The van der Waals surface area contributed by atoms with Crippen molar-refractivity contribution in [3.63, 3.8) is 0 Å². The molecule has 0 saturated carbocycles. The first kappa shape index (κ1) is 13.6. The van der Waals surface area contributed by atoms with Crippen molar-refractivity contribution in [2.24, 2.45) is 5.92 Å². The van der Waals surface area contributed by atoms with Crippen molar-refractivity contribution < 1.29 is 4.79 Å². The standard InChI is InChI=1S/C16H23N3O/c1-11-9-19(10-15(11)18(2)3)16(20)12-4-5-13-7-17-8-14(13)6-12/h4-6,11,15,17H,7-10H2,1-3H3. The molecule has 20 heavy (non-hydrogen) atoms. The molecule has 1 N–H and O–H groups in total. The van der Waals surface area contributed by atoms with E-state index in [9.17, 15) is 4.79 Å². The minimum atomic E-state index is 0.177. The van der Waals surface area contributed by atoms with Crippen molar-refractivity contribution in [3.05, 3.63) is 34.9 Å². The van der Waals surface area contributed by atoms with Crippen molar-refractivity contribution in [1.29, 1.82) is 0 Å². The van der Waals surface area contributed by atoms with Crippen LogP contribution < -0.4 is 5.32 Å².